The molecule has 0 aliphatic heterocycles. The van der Waals surface area contributed by atoms with Crippen molar-refractivity contribution in [2.24, 2.45) is 4.99 Å². The van der Waals surface area contributed by atoms with Crippen molar-refractivity contribution in [3.8, 4) is 0 Å². The number of allylic oxidation sites excluding steroid dienone is 6. The monoisotopic (exact) mass is 333 g/mol. The SMILES string of the molecule is C=C1C=CC=CC1=N/C(=C(\C)c1ccccc1F)c1ccccc1F. The van der Waals surface area contributed by atoms with Gasteiger partial charge >= 0.3 is 0 Å². The Kier molecular flexibility index (Phi) is 4.85. The summed E-state index contributed by atoms with van der Waals surface area (Å²) in [5.41, 5.74) is 3.01. The summed E-state index contributed by atoms with van der Waals surface area (Å²) in [6.07, 6.45) is 7.33. The largest absolute Gasteiger partial charge is 0.247 e. The Morgan fingerprint density at radius 3 is 2.00 bits per heavy atom. The van der Waals surface area contributed by atoms with Gasteiger partial charge in [-0.05, 0) is 42.3 Å². The maximum absolute atomic E-state index is 14.4. The number of aliphatic imine (C=N–C) groups is 1. The third-order valence-corrected chi connectivity index (χ3v) is 3.99. The molecule has 0 atom stereocenters. The van der Waals surface area contributed by atoms with Gasteiger partial charge in [-0.2, -0.15) is 0 Å². The van der Waals surface area contributed by atoms with Crippen LogP contribution in [0.4, 0.5) is 8.78 Å². The lowest BCUT2D eigenvalue weighted by atomic mass is 9.99. The van der Waals surface area contributed by atoms with Crippen LogP contribution in [0.15, 0.2) is 90.0 Å². The Bertz CT molecular complexity index is 946. The van der Waals surface area contributed by atoms with Gasteiger partial charge in [0.25, 0.3) is 0 Å². The molecule has 0 fully saturated rings. The van der Waals surface area contributed by atoms with Crippen LogP contribution < -0.4 is 0 Å². The summed E-state index contributed by atoms with van der Waals surface area (Å²) < 4.78 is 28.7. The zero-order chi connectivity index (χ0) is 17.8. The summed E-state index contributed by atoms with van der Waals surface area (Å²) in [5, 5.41) is 0. The normalized spacial score (nSPS) is 16.3. The molecule has 1 aliphatic rings. The summed E-state index contributed by atoms with van der Waals surface area (Å²) in [5.74, 6) is -0.773. The molecule has 0 spiro atoms. The topological polar surface area (TPSA) is 12.4 Å². The van der Waals surface area contributed by atoms with Crippen molar-refractivity contribution in [1.82, 2.24) is 0 Å². The van der Waals surface area contributed by atoms with E-state index in [9.17, 15) is 8.78 Å². The lowest BCUT2D eigenvalue weighted by molar-refractivity contribution is 0.621. The van der Waals surface area contributed by atoms with Gasteiger partial charge in [-0.3, -0.25) is 0 Å². The average Bonchev–Trinajstić information content (AvgIpc) is 2.62. The first kappa shape index (κ1) is 16.8. The highest BCUT2D eigenvalue weighted by atomic mass is 19.1. The fourth-order valence-electron chi connectivity index (χ4n) is 2.63. The smallest absolute Gasteiger partial charge is 0.132 e. The molecule has 2 aromatic carbocycles. The first-order chi connectivity index (χ1) is 12.1. The fraction of sp³-hybridized carbons (Fsp3) is 0.0455. The second kappa shape index (κ2) is 7.22. The lowest BCUT2D eigenvalue weighted by Gasteiger charge is -2.13. The number of benzene rings is 2. The van der Waals surface area contributed by atoms with E-state index in [-0.39, 0.29) is 5.82 Å². The van der Waals surface area contributed by atoms with Crippen LogP contribution in [-0.4, -0.2) is 5.71 Å². The number of rotatable bonds is 3. The van der Waals surface area contributed by atoms with Crippen LogP contribution in [-0.2, 0) is 0 Å². The Hall–Kier alpha value is -3.07. The van der Waals surface area contributed by atoms with Gasteiger partial charge in [0.05, 0.1) is 11.4 Å². The number of halogens is 2. The first-order valence-corrected chi connectivity index (χ1v) is 7.91. The van der Waals surface area contributed by atoms with Crippen molar-refractivity contribution in [3.63, 3.8) is 0 Å². The van der Waals surface area contributed by atoms with Crippen molar-refractivity contribution in [2.75, 3.05) is 0 Å². The third-order valence-electron chi connectivity index (χ3n) is 3.99. The molecule has 25 heavy (non-hydrogen) atoms. The van der Waals surface area contributed by atoms with Gasteiger partial charge in [0.15, 0.2) is 0 Å². The summed E-state index contributed by atoms with van der Waals surface area (Å²) in [6, 6.07) is 12.8. The van der Waals surface area contributed by atoms with Crippen molar-refractivity contribution in [1.29, 1.82) is 0 Å². The van der Waals surface area contributed by atoms with E-state index in [1.807, 2.05) is 18.2 Å². The molecular weight excluding hydrogens is 316 g/mol. The number of hydrogen-bond donors (Lipinski definition) is 0. The van der Waals surface area contributed by atoms with Gasteiger partial charge in [-0.1, -0.05) is 55.1 Å². The summed E-state index contributed by atoms with van der Waals surface area (Å²) in [7, 11) is 0. The third kappa shape index (κ3) is 3.56. The molecule has 0 saturated carbocycles. The van der Waals surface area contributed by atoms with Crippen LogP contribution >= 0.6 is 0 Å². The van der Waals surface area contributed by atoms with Crippen LogP contribution in [0.2, 0.25) is 0 Å². The predicted molar refractivity (Wildman–Crippen MR) is 100 cm³/mol. The predicted octanol–water partition coefficient (Wildman–Crippen LogP) is 5.98. The molecular formula is C22H17F2N. The minimum Gasteiger partial charge on any atom is -0.247 e. The van der Waals surface area contributed by atoms with Crippen LogP contribution in [0, 0.1) is 11.6 Å². The quantitative estimate of drug-likeness (QED) is 0.613. The van der Waals surface area contributed by atoms with Crippen molar-refractivity contribution >= 4 is 17.0 Å². The van der Waals surface area contributed by atoms with Crippen molar-refractivity contribution < 1.29 is 8.78 Å². The van der Waals surface area contributed by atoms with E-state index >= 15 is 0 Å². The average molecular weight is 333 g/mol. The summed E-state index contributed by atoms with van der Waals surface area (Å²) in [6.45, 7) is 5.70. The minimum absolute atomic E-state index is 0.325. The molecule has 3 heteroatoms. The Morgan fingerprint density at radius 1 is 0.840 bits per heavy atom. The van der Waals surface area contributed by atoms with E-state index in [1.54, 1.807) is 49.4 Å². The summed E-state index contributed by atoms with van der Waals surface area (Å²) in [4.78, 5) is 4.62. The maximum atomic E-state index is 14.4. The minimum atomic E-state index is -0.404. The molecule has 0 heterocycles. The van der Waals surface area contributed by atoms with Gasteiger partial charge < -0.3 is 0 Å². The van der Waals surface area contributed by atoms with E-state index in [4.69, 9.17) is 0 Å². The molecule has 0 amide bonds. The molecule has 124 valence electrons. The lowest BCUT2D eigenvalue weighted by Crippen LogP contribution is -2.02. The second-order valence-electron chi connectivity index (χ2n) is 5.67. The molecule has 1 nitrogen and oxygen atoms in total. The standard InChI is InChI=1S/C22H17F2N/c1-15-9-3-8-14-21(15)25-22(18-11-5-7-13-20(18)24)16(2)17-10-4-6-12-19(17)23/h3-14H,1H2,2H3/b22-16+,25-21?. The Morgan fingerprint density at radius 2 is 1.40 bits per heavy atom. The molecule has 0 N–H and O–H groups in total. The summed E-state index contributed by atoms with van der Waals surface area (Å²) >= 11 is 0. The van der Waals surface area contributed by atoms with Crippen molar-refractivity contribution in [3.05, 3.63) is 108 Å². The van der Waals surface area contributed by atoms with E-state index < -0.39 is 5.82 Å². The molecule has 0 radical (unpaired) electrons. The van der Waals surface area contributed by atoms with E-state index in [0.29, 0.717) is 28.1 Å². The molecule has 2 aromatic rings. The first-order valence-electron chi connectivity index (χ1n) is 7.91. The number of hydrogen-bond acceptors (Lipinski definition) is 1. The maximum Gasteiger partial charge on any atom is 0.132 e. The van der Waals surface area contributed by atoms with Crippen LogP contribution in [0.5, 0.6) is 0 Å². The molecule has 1 aliphatic carbocycles. The zero-order valence-corrected chi connectivity index (χ0v) is 13.8. The molecule has 0 unspecified atom stereocenters. The zero-order valence-electron chi connectivity index (χ0n) is 13.8. The Balaban J connectivity index is 2.25. The molecule has 0 saturated heterocycles. The Labute approximate surface area is 146 Å². The highest BCUT2D eigenvalue weighted by Crippen LogP contribution is 2.31. The van der Waals surface area contributed by atoms with E-state index in [2.05, 4.69) is 11.6 Å². The molecule has 0 aromatic heterocycles. The van der Waals surface area contributed by atoms with Crippen LogP contribution in [0.25, 0.3) is 11.3 Å². The highest BCUT2D eigenvalue weighted by molar-refractivity contribution is 6.14. The fourth-order valence-corrected chi connectivity index (χ4v) is 2.63. The van der Waals surface area contributed by atoms with Crippen LogP contribution in [0.1, 0.15) is 18.1 Å². The van der Waals surface area contributed by atoms with Gasteiger partial charge in [0.2, 0.25) is 0 Å². The second-order valence-corrected chi connectivity index (χ2v) is 5.67. The van der Waals surface area contributed by atoms with E-state index in [1.165, 1.54) is 12.1 Å². The number of nitrogens with zero attached hydrogens (tertiary/aromatic N) is 1. The molecule has 0 bridgehead atoms. The van der Waals surface area contributed by atoms with Gasteiger partial charge in [0.1, 0.15) is 11.6 Å². The molecule has 3 rings (SSSR count). The highest BCUT2D eigenvalue weighted by Gasteiger charge is 2.15. The van der Waals surface area contributed by atoms with Gasteiger partial charge in [-0.25, -0.2) is 13.8 Å². The van der Waals surface area contributed by atoms with E-state index in [0.717, 1.165) is 5.57 Å². The van der Waals surface area contributed by atoms with Crippen molar-refractivity contribution in [2.45, 2.75) is 6.92 Å². The van der Waals surface area contributed by atoms with Gasteiger partial charge in [0, 0.05) is 11.1 Å². The van der Waals surface area contributed by atoms with Crippen LogP contribution in [0.3, 0.4) is 0 Å². The van der Waals surface area contributed by atoms with Gasteiger partial charge in [-0.15, -0.1) is 0 Å².